The Labute approximate surface area is 119 Å². The van der Waals surface area contributed by atoms with E-state index in [9.17, 15) is 9.18 Å². The average molecular weight is 323 g/mol. The lowest BCUT2D eigenvalue weighted by atomic mass is 10.1. The zero-order valence-electron chi connectivity index (χ0n) is 10.2. The molecule has 3 nitrogen and oxygen atoms in total. The molecule has 0 spiro atoms. The predicted molar refractivity (Wildman–Crippen MR) is 74.2 cm³/mol. The average Bonchev–Trinajstić information content (AvgIpc) is 2.39. The second-order valence-electron chi connectivity index (χ2n) is 4.10. The van der Waals surface area contributed by atoms with E-state index in [0.717, 1.165) is 5.56 Å². The molecule has 1 atom stereocenters. The number of rotatable bonds is 3. The zero-order chi connectivity index (χ0) is 13.8. The predicted octanol–water partition coefficient (Wildman–Crippen LogP) is 3.47. The van der Waals surface area contributed by atoms with E-state index in [2.05, 4.69) is 26.2 Å². The van der Waals surface area contributed by atoms with Gasteiger partial charge in [0.25, 0.3) is 5.91 Å². The number of benzene rings is 1. The highest BCUT2D eigenvalue weighted by Gasteiger charge is 2.15. The summed E-state index contributed by atoms with van der Waals surface area (Å²) in [4.78, 5) is 15.9. The molecular weight excluding hydrogens is 311 g/mol. The Morgan fingerprint density at radius 3 is 2.63 bits per heavy atom. The topological polar surface area (TPSA) is 42.0 Å². The summed E-state index contributed by atoms with van der Waals surface area (Å²) in [5.74, 6) is -0.983. The number of aromatic nitrogens is 1. The van der Waals surface area contributed by atoms with Gasteiger partial charge >= 0.3 is 0 Å². The fourth-order valence-corrected chi connectivity index (χ4v) is 2.02. The first kappa shape index (κ1) is 13.7. The normalized spacial score (nSPS) is 11.9. The molecule has 2 aromatic rings. The summed E-state index contributed by atoms with van der Waals surface area (Å²) in [5.41, 5.74) is 0.949. The molecule has 0 saturated carbocycles. The van der Waals surface area contributed by atoms with E-state index >= 15 is 0 Å². The van der Waals surface area contributed by atoms with Crippen molar-refractivity contribution < 1.29 is 9.18 Å². The van der Waals surface area contributed by atoms with Crippen LogP contribution in [0, 0.1) is 5.82 Å². The van der Waals surface area contributed by atoms with E-state index in [-0.39, 0.29) is 11.6 Å². The van der Waals surface area contributed by atoms with Gasteiger partial charge in [0.15, 0.2) is 0 Å². The maximum atomic E-state index is 13.7. The molecule has 0 aliphatic rings. The molecule has 0 fully saturated rings. The Hall–Kier alpha value is -1.75. The number of nitrogens with zero attached hydrogens (tertiary/aromatic N) is 1. The fourth-order valence-electron chi connectivity index (χ4n) is 1.68. The SMILES string of the molecule is CC(NC(=O)c1ccc(Br)cc1F)c1ccncc1. The quantitative estimate of drug-likeness (QED) is 0.940. The lowest BCUT2D eigenvalue weighted by Gasteiger charge is -2.14. The summed E-state index contributed by atoms with van der Waals surface area (Å²) in [6.07, 6.45) is 3.30. The third kappa shape index (κ3) is 3.38. The minimum Gasteiger partial charge on any atom is -0.345 e. The third-order valence-electron chi connectivity index (χ3n) is 2.73. The molecule has 98 valence electrons. The molecule has 0 saturated heterocycles. The molecule has 1 heterocycles. The van der Waals surface area contributed by atoms with Crippen molar-refractivity contribution in [3.63, 3.8) is 0 Å². The molecule has 19 heavy (non-hydrogen) atoms. The first-order chi connectivity index (χ1) is 9.08. The van der Waals surface area contributed by atoms with E-state index in [1.54, 1.807) is 18.5 Å². The van der Waals surface area contributed by atoms with Crippen LogP contribution in [0.1, 0.15) is 28.9 Å². The number of hydrogen-bond donors (Lipinski definition) is 1. The van der Waals surface area contributed by atoms with Crippen molar-refractivity contribution in [3.05, 3.63) is 64.1 Å². The van der Waals surface area contributed by atoms with Crippen LogP contribution in [0.25, 0.3) is 0 Å². The van der Waals surface area contributed by atoms with Gasteiger partial charge in [-0.05, 0) is 42.8 Å². The van der Waals surface area contributed by atoms with Crippen molar-refractivity contribution in [3.8, 4) is 0 Å². The molecule has 2 rings (SSSR count). The van der Waals surface area contributed by atoms with Crippen molar-refractivity contribution in [2.75, 3.05) is 0 Å². The van der Waals surface area contributed by atoms with Gasteiger partial charge in [0.05, 0.1) is 11.6 Å². The Morgan fingerprint density at radius 2 is 2.00 bits per heavy atom. The highest BCUT2D eigenvalue weighted by molar-refractivity contribution is 9.10. The highest BCUT2D eigenvalue weighted by Crippen LogP contribution is 2.17. The monoisotopic (exact) mass is 322 g/mol. The van der Waals surface area contributed by atoms with Gasteiger partial charge in [-0.25, -0.2) is 4.39 Å². The standard InChI is InChI=1S/C14H12BrFN2O/c1-9(10-4-6-17-7-5-10)18-14(19)12-3-2-11(15)8-13(12)16/h2-9H,1H3,(H,18,19). The molecule has 1 aromatic heterocycles. The van der Waals surface area contributed by atoms with Crippen LogP contribution in [-0.2, 0) is 0 Å². The molecule has 0 bridgehead atoms. The van der Waals surface area contributed by atoms with E-state index in [0.29, 0.717) is 4.47 Å². The summed E-state index contributed by atoms with van der Waals surface area (Å²) in [7, 11) is 0. The van der Waals surface area contributed by atoms with Gasteiger partial charge in [0.2, 0.25) is 0 Å². The Balaban J connectivity index is 2.13. The maximum absolute atomic E-state index is 13.7. The molecule has 0 aliphatic heterocycles. The number of carbonyl (C=O) groups excluding carboxylic acids is 1. The number of carbonyl (C=O) groups is 1. The van der Waals surface area contributed by atoms with Crippen molar-refractivity contribution in [1.29, 1.82) is 0 Å². The van der Waals surface area contributed by atoms with Gasteiger partial charge in [-0.3, -0.25) is 9.78 Å². The van der Waals surface area contributed by atoms with Crippen molar-refractivity contribution in [2.45, 2.75) is 13.0 Å². The molecule has 0 radical (unpaired) electrons. The minimum atomic E-state index is -0.547. The van der Waals surface area contributed by atoms with Gasteiger partial charge in [-0.1, -0.05) is 15.9 Å². The van der Waals surface area contributed by atoms with E-state index in [4.69, 9.17) is 0 Å². The van der Waals surface area contributed by atoms with Crippen LogP contribution in [0.5, 0.6) is 0 Å². The molecule has 1 N–H and O–H groups in total. The number of amides is 1. The van der Waals surface area contributed by atoms with E-state index in [1.165, 1.54) is 12.1 Å². The van der Waals surface area contributed by atoms with Crippen LogP contribution < -0.4 is 5.32 Å². The molecule has 1 unspecified atom stereocenters. The van der Waals surface area contributed by atoms with Crippen molar-refractivity contribution in [2.24, 2.45) is 0 Å². The Kier molecular flexibility index (Phi) is 4.27. The third-order valence-corrected chi connectivity index (χ3v) is 3.22. The molecular formula is C14H12BrFN2O. The Morgan fingerprint density at radius 1 is 1.32 bits per heavy atom. The van der Waals surface area contributed by atoms with E-state index in [1.807, 2.05) is 19.1 Å². The first-order valence-electron chi connectivity index (χ1n) is 5.74. The van der Waals surface area contributed by atoms with Gasteiger partial charge in [-0.2, -0.15) is 0 Å². The summed E-state index contributed by atoms with van der Waals surface area (Å²) in [6.45, 7) is 1.84. The maximum Gasteiger partial charge on any atom is 0.254 e. The minimum absolute atomic E-state index is 0.0316. The first-order valence-corrected chi connectivity index (χ1v) is 6.53. The van der Waals surface area contributed by atoms with Gasteiger partial charge < -0.3 is 5.32 Å². The van der Waals surface area contributed by atoms with Crippen LogP contribution >= 0.6 is 15.9 Å². The Bertz CT molecular complexity index is 589. The fraction of sp³-hybridized carbons (Fsp3) is 0.143. The second-order valence-corrected chi connectivity index (χ2v) is 5.02. The lowest BCUT2D eigenvalue weighted by Crippen LogP contribution is -2.27. The molecule has 1 amide bonds. The molecule has 0 aliphatic carbocycles. The molecule has 5 heteroatoms. The number of nitrogens with one attached hydrogen (secondary N) is 1. The van der Waals surface area contributed by atoms with Crippen molar-refractivity contribution in [1.82, 2.24) is 10.3 Å². The van der Waals surface area contributed by atoms with Gasteiger partial charge in [0, 0.05) is 16.9 Å². The summed E-state index contributed by atoms with van der Waals surface area (Å²) >= 11 is 3.15. The summed E-state index contributed by atoms with van der Waals surface area (Å²) < 4.78 is 14.3. The zero-order valence-corrected chi connectivity index (χ0v) is 11.8. The van der Waals surface area contributed by atoms with Crippen LogP contribution in [0.3, 0.4) is 0 Å². The highest BCUT2D eigenvalue weighted by atomic mass is 79.9. The summed E-state index contributed by atoms with van der Waals surface area (Å²) in [6, 6.07) is 7.76. The number of hydrogen-bond acceptors (Lipinski definition) is 2. The lowest BCUT2D eigenvalue weighted by molar-refractivity contribution is 0.0936. The summed E-state index contributed by atoms with van der Waals surface area (Å²) in [5, 5.41) is 2.75. The van der Waals surface area contributed by atoms with Crippen LogP contribution in [0.4, 0.5) is 4.39 Å². The smallest absolute Gasteiger partial charge is 0.254 e. The van der Waals surface area contributed by atoms with Crippen LogP contribution in [0.2, 0.25) is 0 Å². The van der Waals surface area contributed by atoms with Gasteiger partial charge in [0.1, 0.15) is 5.82 Å². The van der Waals surface area contributed by atoms with Crippen LogP contribution in [0.15, 0.2) is 47.2 Å². The van der Waals surface area contributed by atoms with Gasteiger partial charge in [-0.15, -0.1) is 0 Å². The van der Waals surface area contributed by atoms with Crippen LogP contribution in [-0.4, -0.2) is 10.9 Å². The largest absolute Gasteiger partial charge is 0.345 e. The number of halogens is 2. The van der Waals surface area contributed by atoms with Crippen molar-refractivity contribution >= 4 is 21.8 Å². The molecule has 1 aromatic carbocycles. The van der Waals surface area contributed by atoms with E-state index < -0.39 is 11.7 Å². The second kappa shape index (κ2) is 5.93. The number of pyridine rings is 1.